The molecular formula is C29H42N4O6. The molecule has 3 aliphatic heterocycles. The molecule has 3 fully saturated rings. The number of nitrogens with zero attached hydrogens (tertiary/aromatic N) is 2. The molecule has 214 valence electrons. The average Bonchev–Trinajstić information content (AvgIpc) is 3.47. The number of hydrogen-bond acceptors (Lipinski definition) is 7. The van der Waals surface area contributed by atoms with Gasteiger partial charge in [0.15, 0.2) is 5.78 Å². The fourth-order valence-corrected chi connectivity index (χ4v) is 5.30. The number of amides is 3. The van der Waals surface area contributed by atoms with Gasteiger partial charge in [0.1, 0.15) is 17.7 Å². The molecule has 1 aromatic carbocycles. The summed E-state index contributed by atoms with van der Waals surface area (Å²) in [5, 5.41) is 5.84. The summed E-state index contributed by atoms with van der Waals surface area (Å²) in [4.78, 5) is 57.0. The van der Waals surface area contributed by atoms with Crippen LogP contribution in [0.25, 0.3) is 0 Å². The summed E-state index contributed by atoms with van der Waals surface area (Å²) in [5.74, 6) is -0.819. The number of hydrogen-bond donors (Lipinski definition) is 2. The molecule has 10 nitrogen and oxygen atoms in total. The lowest BCUT2D eigenvalue weighted by Crippen LogP contribution is -2.57. The van der Waals surface area contributed by atoms with Crippen molar-refractivity contribution in [2.45, 2.75) is 70.2 Å². The Morgan fingerprint density at radius 1 is 1.03 bits per heavy atom. The minimum Gasteiger partial charge on any atom is -0.379 e. The van der Waals surface area contributed by atoms with E-state index in [-0.39, 0.29) is 36.5 Å². The Kier molecular flexibility index (Phi) is 9.74. The van der Waals surface area contributed by atoms with Gasteiger partial charge in [0.25, 0.3) is 0 Å². The van der Waals surface area contributed by atoms with Gasteiger partial charge in [-0.2, -0.15) is 0 Å². The normalized spacial score (nSPS) is 24.7. The SMILES string of the molecule is CC(C)C[C@H](NC(=O)[C@H](Cc1ccccc1)NC(=O)[C@@H]1CCCN1C(=O)CN1CCOCC1)C(=O)[C@@]1(C)CO1. The number of Topliss-reactive ketones (excluding diaryl/α,β-unsaturated/α-hetero) is 1. The van der Waals surface area contributed by atoms with Crippen molar-refractivity contribution in [3.8, 4) is 0 Å². The fraction of sp³-hybridized carbons (Fsp3) is 0.655. The number of ketones is 1. The third-order valence-corrected chi connectivity index (χ3v) is 7.69. The minimum atomic E-state index is -0.896. The second-order valence-corrected chi connectivity index (χ2v) is 11.5. The highest BCUT2D eigenvalue weighted by molar-refractivity contribution is 5.98. The molecule has 4 atom stereocenters. The summed E-state index contributed by atoms with van der Waals surface area (Å²) in [6.45, 7) is 9.41. The molecule has 0 unspecified atom stereocenters. The number of epoxide rings is 1. The smallest absolute Gasteiger partial charge is 0.243 e. The van der Waals surface area contributed by atoms with E-state index >= 15 is 0 Å². The third-order valence-electron chi connectivity index (χ3n) is 7.69. The molecule has 1 aromatic rings. The number of nitrogens with one attached hydrogen (secondary N) is 2. The molecule has 3 heterocycles. The van der Waals surface area contributed by atoms with Crippen LogP contribution in [0.5, 0.6) is 0 Å². The number of morpholine rings is 1. The van der Waals surface area contributed by atoms with Gasteiger partial charge in [0, 0.05) is 26.1 Å². The Hall–Kier alpha value is -2.82. The van der Waals surface area contributed by atoms with Crippen molar-refractivity contribution in [1.29, 1.82) is 0 Å². The predicted octanol–water partition coefficient (Wildman–Crippen LogP) is 0.926. The molecule has 3 aliphatic rings. The maximum absolute atomic E-state index is 13.6. The molecule has 3 saturated heterocycles. The molecule has 10 heteroatoms. The summed E-state index contributed by atoms with van der Waals surface area (Å²) >= 11 is 0. The number of ether oxygens (including phenoxy) is 2. The first-order chi connectivity index (χ1) is 18.7. The van der Waals surface area contributed by atoms with Crippen LogP contribution < -0.4 is 10.6 Å². The maximum Gasteiger partial charge on any atom is 0.243 e. The van der Waals surface area contributed by atoms with Gasteiger partial charge in [-0.1, -0.05) is 44.2 Å². The molecule has 4 rings (SSSR count). The van der Waals surface area contributed by atoms with Gasteiger partial charge in [-0.3, -0.25) is 24.1 Å². The Morgan fingerprint density at radius 2 is 1.72 bits per heavy atom. The van der Waals surface area contributed by atoms with E-state index < -0.39 is 29.6 Å². The van der Waals surface area contributed by atoms with E-state index in [1.807, 2.05) is 49.1 Å². The highest BCUT2D eigenvalue weighted by atomic mass is 16.6. The third kappa shape index (κ3) is 7.86. The lowest BCUT2D eigenvalue weighted by molar-refractivity contribution is -0.141. The second kappa shape index (κ2) is 13.0. The molecule has 0 bridgehead atoms. The molecule has 0 aromatic heterocycles. The summed E-state index contributed by atoms with van der Waals surface area (Å²) < 4.78 is 10.7. The lowest BCUT2D eigenvalue weighted by Gasteiger charge is -2.31. The first-order valence-electron chi connectivity index (χ1n) is 14.1. The van der Waals surface area contributed by atoms with Crippen molar-refractivity contribution in [1.82, 2.24) is 20.4 Å². The second-order valence-electron chi connectivity index (χ2n) is 11.5. The van der Waals surface area contributed by atoms with Gasteiger partial charge in [-0.25, -0.2) is 0 Å². The van der Waals surface area contributed by atoms with Gasteiger partial charge < -0.3 is 25.0 Å². The first-order valence-corrected chi connectivity index (χ1v) is 14.1. The van der Waals surface area contributed by atoms with Crippen molar-refractivity contribution >= 4 is 23.5 Å². The highest BCUT2D eigenvalue weighted by Crippen LogP contribution is 2.29. The maximum atomic E-state index is 13.6. The Balaban J connectivity index is 1.45. The minimum absolute atomic E-state index is 0.0844. The van der Waals surface area contributed by atoms with Crippen LogP contribution in [0.2, 0.25) is 0 Å². The Morgan fingerprint density at radius 3 is 2.36 bits per heavy atom. The van der Waals surface area contributed by atoms with E-state index in [4.69, 9.17) is 9.47 Å². The quantitative estimate of drug-likeness (QED) is 0.377. The number of likely N-dealkylation sites (tertiary alicyclic amines) is 1. The number of benzene rings is 1. The number of rotatable bonds is 12. The van der Waals surface area contributed by atoms with Crippen LogP contribution in [0, 0.1) is 5.92 Å². The average molecular weight is 543 g/mol. The van der Waals surface area contributed by atoms with Crippen molar-refractivity contribution in [3.63, 3.8) is 0 Å². The van der Waals surface area contributed by atoms with Crippen LogP contribution in [0.4, 0.5) is 0 Å². The lowest BCUT2D eigenvalue weighted by atomic mass is 9.93. The molecule has 3 amide bonds. The standard InChI is InChI=1S/C29H42N4O6/c1-20(2)16-22(26(35)29(3)19-39-29)30-27(36)23(17-21-8-5-4-6-9-21)31-28(37)24-10-7-11-33(24)25(34)18-32-12-14-38-15-13-32/h4-6,8-9,20,22-24H,7,10-19H2,1-3H3,(H,30,36)(H,31,37)/t22-,23-,24-,29+/m0/s1. The number of carbonyl (C=O) groups excluding carboxylic acids is 4. The van der Waals surface area contributed by atoms with E-state index in [0.717, 1.165) is 12.0 Å². The van der Waals surface area contributed by atoms with E-state index in [2.05, 4.69) is 10.6 Å². The van der Waals surface area contributed by atoms with Crippen molar-refractivity contribution in [2.75, 3.05) is 46.0 Å². The van der Waals surface area contributed by atoms with Crippen LogP contribution in [-0.4, -0.2) is 103 Å². The molecule has 0 aliphatic carbocycles. The Bertz CT molecular complexity index is 1020. The molecular weight excluding hydrogens is 500 g/mol. The summed E-state index contributed by atoms with van der Waals surface area (Å²) in [6.07, 6.45) is 2.02. The zero-order valence-corrected chi connectivity index (χ0v) is 23.3. The van der Waals surface area contributed by atoms with Crippen LogP contribution in [-0.2, 0) is 35.1 Å². The monoisotopic (exact) mass is 542 g/mol. The van der Waals surface area contributed by atoms with Crippen LogP contribution in [0.15, 0.2) is 30.3 Å². The predicted molar refractivity (Wildman–Crippen MR) is 145 cm³/mol. The molecule has 0 spiro atoms. The van der Waals surface area contributed by atoms with E-state index in [9.17, 15) is 19.2 Å². The molecule has 0 radical (unpaired) electrons. The largest absolute Gasteiger partial charge is 0.379 e. The van der Waals surface area contributed by atoms with Gasteiger partial charge >= 0.3 is 0 Å². The van der Waals surface area contributed by atoms with Crippen LogP contribution in [0.1, 0.15) is 45.6 Å². The summed E-state index contributed by atoms with van der Waals surface area (Å²) in [6, 6.07) is 7.21. The van der Waals surface area contributed by atoms with Crippen molar-refractivity contribution in [2.24, 2.45) is 5.92 Å². The van der Waals surface area contributed by atoms with E-state index in [1.54, 1.807) is 11.8 Å². The number of carbonyl (C=O) groups is 4. The van der Waals surface area contributed by atoms with E-state index in [1.165, 1.54) is 0 Å². The van der Waals surface area contributed by atoms with Gasteiger partial charge in [0.05, 0.1) is 32.4 Å². The zero-order chi connectivity index (χ0) is 28.0. The molecule has 39 heavy (non-hydrogen) atoms. The topological polar surface area (TPSA) is 121 Å². The van der Waals surface area contributed by atoms with Crippen molar-refractivity contribution in [3.05, 3.63) is 35.9 Å². The molecule has 0 saturated carbocycles. The van der Waals surface area contributed by atoms with E-state index in [0.29, 0.717) is 52.3 Å². The summed E-state index contributed by atoms with van der Waals surface area (Å²) in [5.41, 5.74) is 0.0183. The van der Waals surface area contributed by atoms with Gasteiger partial charge in [0.2, 0.25) is 17.7 Å². The Labute approximate surface area is 230 Å². The summed E-state index contributed by atoms with van der Waals surface area (Å²) in [7, 11) is 0. The first kappa shape index (κ1) is 29.2. The molecule has 2 N–H and O–H groups in total. The highest BCUT2D eigenvalue weighted by Gasteiger charge is 2.50. The van der Waals surface area contributed by atoms with Crippen LogP contribution >= 0.6 is 0 Å². The van der Waals surface area contributed by atoms with Crippen LogP contribution in [0.3, 0.4) is 0 Å². The van der Waals surface area contributed by atoms with Crippen molar-refractivity contribution < 1.29 is 28.7 Å². The fourth-order valence-electron chi connectivity index (χ4n) is 5.30. The van der Waals surface area contributed by atoms with Gasteiger partial charge in [-0.05, 0) is 37.7 Å². The zero-order valence-electron chi connectivity index (χ0n) is 23.3. The van der Waals surface area contributed by atoms with Gasteiger partial charge in [-0.15, -0.1) is 0 Å².